The van der Waals surface area contributed by atoms with Gasteiger partial charge in [-0.1, -0.05) is 34.1 Å². The summed E-state index contributed by atoms with van der Waals surface area (Å²) in [5.41, 5.74) is -3.15. The zero-order valence-electron chi connectivity index (χ0n) is 15.4. The van der Waals surface area contributed by atoms with Crippen molar-refractivity contribution < 1.29 is 32.3 Å². The molecule has 162 valence electrons. The highest BCUT2D eigenvalue weighted by Gasteiger charge is 2.67. The molecule has 11 heteroatoms. The Labute approximate surface area is 186 Å². The molecule has 3 atom stereocenters. The minimum absolute atomic E-state index is 0.00955. The summed E-state index contributed by atoms with van der Waals surface area (Å²) < 4.78 is 48.2. The molecule has 1 aromatic carbocycles. The number of hydrogen-bond donors (Lipinski definition) is 3. The van der Waals surface area contributed by atoms with Gasteiger partial charge in [0.15, 0.2) is 5.78 Å². The van der Waals surface area contributed by atoms with Crippen molar-refractivity contribution in [2.45, 2.75) is 17.9 Å². The Morgan fingerprint density at radius 3 is 2.48 bits per heavy atom. The van der Waals surface area contributed by atoms with Gasteiger partial charge in [-0.2, -0.15) is 13.2 Å². The number of thiophene rings is 1. The third kappa shape index (κ3) is 3.88. The van der Waals surface area contributed by atoms with Gasteiger partial charge < -0.3 is 20.2 Å². The molecule has 6 nitrogen and oxygen atoms in total. The van der Waals surface area contributed by atoms with Crippen LogP contribution in [0.4, 0.5) is 18.0 Å². The van der Waals surface area contributed by atoms with Crippen LogP contribution < -0.4 is 10.6 Å². The smallest absolute Gasteiger partial charge is 0.437 e. The minimum atomic E-state index is -5.32. The summed E-state index contributed by atoms with van der Waals surface area (Å²) in [4.78, 5) is 25.1. The van der Waals surface area contributed by atoms with Crippen molar-refractivity contribution in [2.24, 2.45) is 5.92 Å². The summed E-state index contributed by atoms with van der Waals surface area (Å²) in [6, 6.07) is 9.90. The van der Waals surface area contributed by atoms with E-state index in [1.165, 1.54) is 35.0 Å². The third-order valence-electron chi connectivity index (χ3n) is 4.91. The van der Waals surface area contributed by atoms with Crippen LogP contribution in [0.5, 0.6) is 0 Å². The average Bonchev–Trinajstić information content (AvgIpc) is 3.39. The van der Waals surface area contributed by atoms with Gasteiger partial charge in [-0.05, 0) is 35.7 Å². The summed E-state index contributed by atoms with van der Waals surface area (Å²) in [7, 11) is 0. The molecule has 31 heavy (non-hydrogen) atoms. The molecule has 1 fully saturated rings. The molecule has 3 N–H and O–H groups in total. The Bertz CT molecular complexity index is 1110. The molecular formula is C20H14BrF3N2O4S. The van der Waals surface area contributed by atoms with Crippen LogP contribution in [0, 0.1) is 5.92 Å². The number of benzene rings is 1. The highest BCUT2D eigenvalue weighted by atomic mass is 79.9. The van der Waals surface area contributed by atoms with Crippen molar-refractivity contribution in [2.75, 3.05) is 0 Å². The molecule has 3 aromatic rings. The number of aliphatic hydroxyl groups is 1. The van der Waals surface area contributed by atoms with Crippen LogP contribution in [-0.2, 0) is 0 Å². The standard InChI is InChI=1S/C20H14BrF3N2O4S/c21-11-5-3-10(4-6-11)12-7-8-13(30-12)16-15(17(27)14-2-1-9-31-14)19(29,20(22,23)24)26-18(28)25-16/h1-9,15-16,29H,(H2,25,26,28)/t15-,16-,19-/m1/s1. The predicted molar refractivity (Wildman–Crippen MR) is 109 cm³/mol. The van der Waals surface area contributed by atoms with Gasteiger partial charge in [0, 0.05) is 10.0 Å². The van der Waals surface area contributed by atoms with Gasteiger partial charge in [0.25, 0.3) is 0 Å². The lowest BCUT2D eigenvalue weighted by atomic mass is 9.80. The predicted octanol–water partition coefficient (Wildman–Crippen LogP) is 4.87. The zero-order valence-corrected chi connectivity index (χ0v) is 17.8. The van der Waals surface area contributed by atoms with Gasteiger partial charge >= 0.3 is 12.2 Å². The number of halogens is 4. The van der Waals surface area contributed by atoms with Crippen LogP contribution in [0.3, 0.4) is 0 Å². The molecule has 0 aliphatic carbocycles. The van der Waals surface area contributed by atoms with E-state index in [1.807, 2.05) is 0 Å². The Hall–Kier alpha value is -2.63. The van der Waals surface area contributed by atoms with E-state index in [-0.39, 0.29) is 10.6 Å². The maximum Gasteiger partial charge on any atom is 0.437 e. The van der Waals surface area contributed by atoms with Gasteiger partial charge in [-0.15, -0.1) is 11.3 Å². The van der Waals surface area contributed by atoms with Crippen molar-refractivity contribution in [1.82, 2.24) is 10.6 Å². The lowest BCUT2D eigenvalue weighted by Gasteiger charge is -2.44. The first kappa shape index (κ1) is 21.6. The maximum atomic E-state index is 13.9. The van der Waals surface area contributed by atoms with E-state index in [0.717, 1.165) is 15.8 Å². The van der Waals surface area contributed by atoms with Gasteiger partial charge in [-0.25, -0.2) is 4.79 Å². The summed E-state index contributed by atoms with van der Waals surface area (Å²) in [5.74, 6) is -2.86. The number of alkyl halides is 3. The monoisotopic (exact) mass is 514 g/mol. The number of amides is 2. The van der Waals surface area contributed by atoms with Crippen molar-refractivity contribution in [3.8, 4) is 11.3 Å². The molecule has 0 spiro atoms. The number of rotatable bonds is 4. The minimum Gasteiger partial charge on any atom is -0.459 e. The summed E-state index contributed by atoms with van der Waals surface area (Å²) >= 11 is 4.24. The third-order valence-corrected chi connectivity index (χ3v) is 6.33. The maximum absolute atomic E-state index is 13.9. The Kier molecular flexibility index (Phi) is 5.44. The molecular weight excluding hydrogens is 501 g/mol. The van der Waals surface area contributed by atoms with E-state index >= 15 is 0 Å². The topological polar surface area (TPSA) is 91.6 Å². The summed E-state index contributed by atoms with van der Waals surface area (Å²) in [6.07, 6.45) is -5.32. The first-order valence-corrected chi connectivity index (χ1v) is 10.6. The number of carbonyl (C=O) groups is 2. The van der Waals surface area contributed by atoms with Crippen molar-refractivity contribution in [3.63, 3.8) is 0 Å². The molecule has 2 amide bonds. The molecule has 0 radical (unpaired) electrons. The van der Waals surface area contributed by atoms with E-state index in [4.69, 9.17) is 4.42 Å². The Balaban J connectivity index is 1.79. The Morgan fingerprint density at radius 1 is 1.16 bits per heavy atom. The molecule has 0 bridgehead atoms. The first-order valence-electron chi connectivity index (χ1n) is 8.91. The average molecular weight is 515 g/mol. The number of urea groups is 1. The highest BCUT2D eigenvalue weighted by molar-refractivity contribution is 9.10. The van der Waals surface area contributed by atoms with Crippen molar-refractivity contribution in [3.05, 3.63) is 69.0 Å². The van der Waals surface area contributed by atoms with Gasteiger partial charge in [0.2, 0.25) is 5.72 Å². The van der Waals surface area contributed by atoms with Crippen LogP contribution in [0.2, 0.25) is 0 Å². The van der Waals surface area contributed by atoms with Crippen molar-refractivity contribution >= 4 is 39.1 Å². The molecule has 3 heterocycles. The normalized spacial score (nSPS) is 23.8. The van der Waals surface area contributed by atoms with E-state index < -0.39 is 35.7 Å². The second-order valence-corrected chi connectivity index (χ2v) is 8.73. The second kappa shape index (κ2) is 7.81. The molecule has 1 aliphatic heterocycles. The highest BCUT2D eigenvalue weighted by Crippen LogP contribution is 2.45. The van der Waals surface area contributed by atoms with Crippen molar-refractivity contribution in [1.29, 1.82) is 0 Å². The van der Waals surface area contributed by atoms with Crippen LogP contribution in [0.15, 0.2) is 62.8 Å². The SMILES string of the molecule is O=C1N[C@H](c2ccc(-c3ccc(Br)cc3)o2)[C@H](C(=O)c2cccs2)[C@@](O)(C(F)(F)F)N1. The number of Topliss-reactive ketones (excluding diaryl/α,β-unsaturated/α-hetero) is 1. The number of furan rings is 1. The number of nitrogens with one attached hydrogen (secondary N) is 2. The lowest BCUT2D eigenvalue weighted by molar-refractivity contribution is -0.287. The van der Waals surface area contributed by atoms with Gasteiger partial charge in [0.05, 0.1) is 4.88 Å². The quantitative estimate of drug-likeness (QED) is 0.433. The summed E-state index contributed by atoms with van der Waals surface area (Å²) in [5, 5.41) is 15.9. The lowest BCUT2D eigenvalue weighted by Crippen LogP contribution is -2.72. The molecule has 1 saturated heterocycles. The van der Waals surface area contributed by atoms with Crippen LogP contribution >= 0.6 is 27.3 Å². The fourth-order valence-corrected chi connectivity index (χ4v) is 4.41. The molecule has 0 unspecified atom stereocenters. The van der Waals surface area contributed by atoms with Gasteiger partial charge in [-0.3, -0.25) is 4.79 Å². The fraction of sp³-hybridized carbons (Fsp3) is 0.200. The van der Waals surface area contributed by atoms with Gasteiger partial charge in [0.1, 0.15) is 23.5 Å². The molecule has 1 aliphatic rings. The van der Waals surface area contributed by atoms with E-state index in [9.17, 15) is 27.9 Å². The van der Waals surface area contributed by atoms with Crippen LogP contribution in [0.25, 0.3) is 11.3 Å². The van der Waals surface area contributed by atoms with E-state index in [0.29, 0.717) is 11.3 Å². The number of carbonyl (C=O) groups excluding carboxylic acids is 2. The zero-order chi connectivity index (χ0) is 22.4. The van der Waals surface area contributed by atoms with E-state index in [1.54, 1.807) is 24.3 Å². The first-order chi connectivity index (χ1) is 14.6. The van der Waals surface area contributed by atoms with Crippen LogP contribution in [0.1, 0.15) is 21.5 Å². The number of ketones is 1. The van der Waals surface area contributed by atoms with Crippen LogP contribution in [-0.4, -0.2) is 28.8 Å². The largest absolute Gasteiger partial charge is 0.459 e. The second-order valence-electron chi connectivity index (χ2n) is 6.87. The number of hydrogen-bond acceptors (Lipinski definition) is 5. The van der Waals surface area contributed by atoms with E-state index in [2.05, 4.69) is 21.2 Å². The molecule has 4 rings (SSSR count). The molecule has 0 saturated carbocycles. The fourth-order valence-electron chi connectivity index (χ4n) is 3.44. The summed E-state index contributed by atoms with van der Waals surface area (Å²) in [6.45, 7) is 0. The molecule has 2 aromatic heterocycles. The Morgan fingerprint density at radius 2 is 1.87 bits per heavy atom.